The molecule has 1 saturated heterocycles. The lowest BCUT2D eigenvalue weighted by atomic mass is 9.82. The smallest absolute Gasteiger partial charge is 0.336 e. The molecule has 0 bridgehead atoms. The van der Waals surface area contributed by atoms with E-state index < -0.39 is 23.8 Å². The van der Waals surface area contributed by atoms with E-state index in [2.05, 4.69) is 10.1 Å². The summed E-state index contributed by atoms with van der Waals surface area (Å²) < 4.78 is 4.39. The van der Waals surface area contributed by atoms with Gasteiger partial charge in [0.25, 0.3) is 11.8 Å². The number of nitrogens with one attached hydrogen (secondary N) is 1. The highest BCUT2D eigenvalue weighted by Crippen LogP contribution is 2.30. The zero-order chi connectivity index (χ0) is 19.1. The molecule has 2 fully saturated rings. The number of hydrogen-bond donors (Lipinski definition) is 1. The molecular weight excluding hydrogens is 344 g/mol. The van der Waals surface area contributed by atoms with E-state index in [9.17, 15) is 24.0 Å². The molecule has 0 spiro atoms. The van der Waals surface area contributed by atoms with E-state index in [0.717, 1.165) is 12.2 Å². The van der Waals surface area contributed by atoms with Crippen molar-refractivity contribution in [2.24, 2.45) is 11.8 Å². The van der Waals surface area contributed by atoms with E-state index >= 15 is 0 Å². The van der Waals surface area contributed by atoms with Gasteiger partial charge in [-0.1, -0.05) is 0 Å². The van der Waals surface area contributed by atoms with Crippen LogP contribution in [0.1, 0.15) is 38.5 Å². The maximum absolute atomic E-state index is 12.1. The van der Waals surface area contributed by atoms with Crippen LogP contribution in [0.15, 0.2) is 12.2 Å². The number of carbonyl (C=O) groups is 5. The average molecular weight is 366 g/mol. The molecule has 2 aliphatic rings. The molecule has 1 heterocycles. The van der Waals surface area contributed by atoms with Gasteiger partial charge in [-0.2, -0.15) is 0 Å². The lowest BCUT2D eigenvalue weighted by molar-refractivity contribution is -0.201. The average Bonchev–Trinajstić information content (AvgIpc) is 2.96. The van der Waals surface area contributed by atoms with E-state index in [-0.39, 0.29) is 30.6 Å². The van der Waals surface area contributed by atoms with Crippen molar-refractivity contribution in [2.75, 3.05) is 13.7 Å². The fraction of sp³-hybridized carbons (Fsp3) is 0.588. The Labute approximate surface area is 150 Å². The summed E-state index contributed by atoms with van der Waals surface area (Å²) in [6.45, 7) is 0.440. The minimum atomic E-state index is -0.603. The third-order valence-electron chi connectivity index (χ3n) is 4.50. The van der Waals surface area contributed by atoms with E-state index in [4.69, 9.17) is 4.84 Å². The number of hydrogen-bond acceptors (Lipinski definition) is 7. The first kappa shape index (κ1) is 19.6. The van der Waals surface area contributed by atoms with Crippen LogP contribution in [-0.2, 0) is 33.5 Å². The molecule has 1 aliphatic carbocycles. The lowest BCUT2D eigenvalue weighted by Crippen LogP contribution is -2.36. The fourth-order valence-electron chi connectivity index (χ4n) is 2.94. The van der Waals surface area contributed by atoms with Gasteiger partial charge in [-0.25, -0.2) is 9.59 Å². The summed E-state index contributed by atoms with van der Waals surface area (Å²) in [5.41, 5.74) is 0. The van der Waals surface area contributed by atoms with Gasteiger partial charge in [0.2, 0.25) is 5.91 Å². The Morgan fingerprint density at radius 3 is 2.27 bits per heavy atom. The van der Waals surface area contributed by atoms with Crippen LogP contribution in [0.4, 0.5) is 0 Å². The van der Waals surface area contributed by atoms with E-state index in [1.807, 2.05) is 0 Å². The summed E-state index contributed by atoms with van der Waals surface area (Å²) in [7, 11) is 1.23. The Morgan fingerprint density at radius 2 is 1.69 bits per heavy atom. The molecule has 3 amide bonds. The SMILES string of the molecule is COC(=O)/C=C\C(=O)NCC1CCC(C(=O)ON2C(=O)CCC2=O)CC1. The highest BCUT2D eigenvalue weighted by Gasteiger charge is 2.36. The second-order valence-corrected chi connectivity index (χ2v) is 6.31. The second-order valence-electron chi connectivity index (χ2n) is 6.31. The van der Waals surface area contributed by atoms with Crippen molar-refractivity contribution >= 4 is 29.7 Å². The number of methoxy groups -OCH3 is 1. The zero-order valence-corrected chi connectivity index (χ0v) is 14.6. The number of ether oxygens (including phenoxy) is 1. The number of esters is 1. The minimum absolute atomic E-state index is 0.0724. The number of rotatable bonds is 6. The fourth-order valence-corrected chi connectivity index (χ4v) is 2.94. The van der Waals surface area contributed by atoms with E-state index in [1.54, 1.807) is 0 Å². The maximum atomic E-state index is 12.1. The first-order valence-electron chi connectivity index (χ1n) is 8.52. The molecular formula is C17H22N2O7. The van der Waals surface area contributed by atoms with Gasteiger partial charge >= 0.3 is 11.9 Å². The van der Waals surface area contributed by atoms with Gasteiger partial charge in [0.1, 0.15) is 0 Å². The monoisotopic (exact) mass is 366 g/mol. The number of hydroxylamine groups is 2. The van der Waals surface area contributed by atoms with Crippen molar-refractivity contribution in [3.63, 3.8) is 0 Å². The van der Waals surface area contributed by atoms with Crippen molar-refractivity contribution in [3.05, 3.63) is 12.2 Å². The van der Waals surface area contributed by atoms with Crippen LogP contribution in [0.3, 0.4) is 0 Å². The molecule has 9 heteroatoms. The highest BCUT2D eigenvalue weighted by atomic mass is 16.7. The molecule has 9 nitrogen and oxygen atoms in total. The largest absolute Gasteiger partial charge is 0.466 e. The third kappa shape index (κ3) is 5.40. The summed E-state index contributed by atoms with van der Waals surface area (Å²) in [4.78, 5) is 62.5. The van der Waals surface area contributed by atoms with Crippen molar-refractivity contribution in [3.8, 4) is 0 Å². The molecule has 142 valence electrons. The van der Waals surface area contributed by atoms with E-state index in [0.29, 0.717) is 37.3 Å². The Kier molecular flexibility index (Phi) is 6.88. The summed E-state index contributed by atoms with van der Waals surface area (Å²) in [6, 6.07) is 0. The summed E-state index contributed by atoms with van der Waals surface area (Å²) in [5.74, 6) is -2.67. The van der Waals surface area contributed by atoms with Gasteiger partial charge < -0.3 is 14.9 Å². The molecule has 1 aliphatic heterocycles. The van der Waals surface area contributed by atoms with Gasteiger partial charge in [0.05, 0.1) is 13.0 Å². The lowest BCUT2D eigenvalue weighted by Gasteiger charge is -2.27. The second kappa shape index (κ2) is 9.12. The van der Waals surface area contributed by atoms with Crippen LogP contribution in [-0.4, -0.2) is 48.4 Å². The standard InChI is InChI=1S/C17H22N2O7/c1-25-16(23)9-6-13(20)18-10-11-2-4-12(5-3-11)17(24)26-19-14(21)7-8-15(19)22/h6,9,11-12H,2-5,7-8,10H2,1H3,(H,18,20)/b9-6-. The predicted molar refractivity (Wildman–Crippen MR) is 86.8 cm³/mol. The summed E-state index contributed by atoms with van der Waals surface area (Å²) in [6.07, 6.45) is 4.85. The molecule has 0 atom stereocenters. The highest BCUT2D eigenvalue weighted by molar-refractivity contribution is 6.01. The summed E-state index contributed by atoms with van der Waals surface area (Å²) >= 11 is 0. The van der Waals surface area contributed by atoms with Crippen molar-refractivity contribution < 1.29 is 33.5 Å². The van der Waals surface area contributed by atoms with Crippen molar-refractivity contribution in [1.82, 2.24) is 10.4 Å². The molecule has 0 aromatic carbocycles. The number of carbonyl (C=O) groups excluding carboxylic acids is 5. The first-order valence-corrected chi connectivity index (χ1v) is 8.52. The molecule has 2 rings (SSSR count). The number of nitrogens with zero attached hydrogens (tertiary/aromatic N) is 1. The van der Waals surface area contributed by atoms with Crippen LogP contribution in [0, 0.1) is 11.8 Å². The number of imide groups is 1. The summed E-state index contributed by atoms with van der Waals surface area (Å²) in [5, 5.41) is 3.27. The van der Waals surface area contributed by atoms with Crippen LogP contribution in [0.5, 0.6) is 0 Å². The molecule has 1 N–H and O–H groups in total. The van der Waals surface area contributed by atoms with Crippen LogP contribution >= 0.6 is 0 Å². The van der Waals surface area contributed by atoms with Gasteiger partial charge in [-0.05, 0) is 31.6 Å². The normalized spacial score (nSPS) is 23.2. The van der Waals surface area contributed by atoms with Crippen LogP contribution in [0.25, 0.3) is 0 Å². The van der Waals surface area contributed by atoms with Crippen LogP contribution in [0.2, 0.25) is 0 Å². The van der Waals surface area contributed by atoms with Gasteiger partial charge in [-0.3, -0.25) is 14.4 Å². The Bertz CT molecular complexity index is 605. The van der Waals surface area contributed by atoms with Gasteiger partial charge in [0, 0.05) is 31.5 Å². The maximum Gasteiger partial charge on any atom is 0.336 e. The minimum Gasteiger partial charge on any atom is -0.466 e. The molecule has 26 heavy (non-hydrogen) atoms. The zero-order valence-electron chi connectivity index (χ0n) is 14.6. The molecule has 1 saturated carbocycles. The molecule has 0 unspecified atom stereocenters. The molecule has 0 aromatic rings. The molecule has 0 aromatic heterocycles. The van der Waals surface area contributed by atoms with Crippen molar-refractivity contribution in [2.45, 2.75) is 38.5 Å². The topological polar surface area (TPSA) is 119 Å². The Balaban J connectivity index is 1.70. The van der Waals surface area contributed by atoms with E-state index in [1.165, 1.54) is 7.11 Å². The quantitative estimate of drug-likeness (QED) is 0.406. The Morgan fingerprint density at radius 1 is 1.08 bits per heavy atom. The van der Waals surface area contributed by atoms with Gasteiger partial charge in [-0.15, -0.1) is 5.06 Å². The number of amides is 3. The first-order chi connectivity index (χ1) is 12.4. The van der Waals surface area contributed by atoms with Crippen molar-refractivity contribution in [1.29, 1.82) is 0 Å². The van der Waals surface area contributed by atoms with Crippen LogP contribution < -0.4 is 5.32 Å². The predicted octanol–water partition coefficient (Wildman–Crippen LogP) is 0.245. The third-order valence-corrected chi connectivity index (χ3v) is 4.50. The molecule has 0 radical (unpaired) electrons. The van der Waals surface area contributed by atoms with Gasteiger partial charge in [0.15, 0.2) is 0 Å². The Hall–Kier alpha value is -2.71.